The van der Waals surface area contributed by atoms with Crippen molar-refractivity contribution in [3.63, 3.8) is 0 Å². The number of unbranched alkanes of at least 4 members (excludes halogenated alkanes) is 1. The zero-order chi connectivity index (χ0) is 31.2. The van der Waals surface area contributed by atoms with E-state index in [2.05, 4.69) is 32.2 Å². The highest BCUT2D eigenvalue weighted by Crippen LogP contribution is 2.30. The highest BCUT2D eigenvalue weighted by molar-refractivity contribution is 6.32. The van der Waals surface area contributed by atoms with Crippen molar-refractivity contribution >= 4 is 23.5 Å². The van der Waals surface area contributed by atoms with Crippen molar-refractivity contribution in [1.82, 2.24) is 29.8 Å². The number of carboxylic acids is 1. The lowest BCUT2D eigenvalue weighted by atomic mass is 9.98. The molecule has 0 saturated heterocycles. The van der Waals surface area contributed by atoms with Gasteiger partial charge in [-0.15, -0.1) is 20.3 Å². The van der Waals surface area contributed by atoms with Crippen LogP contribution in [0.1, 0.15) is 57.6 Å². The van der Waals surface area contributed by atoms with Crippen LogP contribution in [0.3, 0.4) is 0 Å². The highest BCUT2D eigenvalue weighted by Gasteiger charge is 2.22. The largest absolute Gasteiger partial charge is 0.476 e. The lowest BCUT2D eigenvalue weighted by Gasteiger charge is -2.12. The number of aryl methyl sites for hydroxylation is 1. The van der Waals surface area contributed by atoms with E-state index in [0.717, 1.165) is 34.3 Å². The van der Waals surface area contributed by atoms with Crippen LogP contribution in [0, 0.1) is 10.1 Å². The van der Waals surface area contributed by atoms with Crippen molar-refractivity contribution in [2.75, 3.05) is 0 Å². The molecule has 0 aliphatic rings. The molecule has 14 heteroatoms. The maximum atomic E-state index is 13.0. The number of halogens is 1. The third-order valence-electron chi connectivity index (χ3n) is 6.84. The summed E-state index contributed by atoms with van der Waals surface area (Å²) in [5.41, 5.74) is 3.77. The van der Waals surface area contributed by atoms with Crippen molar-refractivity contribution in [1.29, 1.82) is 0 Å². The second kappa shape index (κ2) is 13.3. The Bertz CT molecular complexity index is 1830. The summed E-state index contributed by atoms with van der Waals surface area (Å²) in [6.45, 7) is 2.04. The molecule has 2 aromatic heterocycles. The van der Waals surface area contributed by atoms with Gasteiger partial charge < -0.3 is 14.5 Å². The molecule has 13 nitrogen and oxygen atoms in total. The summed E-state index contributed by atoms with van der Waals surface area (Å²) in [5, 5.41) is 31.7. The van der Waals surface area contributed by atoms with Gasteiger partial charge in [0.25, 0.3) is 11.0 Å². The van der Waals surface area contributed by atoms with Crippen LogP contribution in [0.5, 0.6) is 0 Å². The Labute approximate surface area is 255 Å². The Morgan fingerprint density at radius 1 is 1.02 bits per heavy atom. The first kappa shape index (κ1) is 30.0. The molecule has 0 radical (unpaired) electrons. The van der Waals surface area contributed by atoms with E-state index >= 15 is 0 Å². The second-order valence-corrected chi connectivity index (χ2v) is 10.2. The van der Waals surface area contributed by atoms with Gasteiger partial charge in [0.05, 0.1) is 0 Å². The number of nitrogens with zero attached hydrogens (tertiary/aromatic N) is 7. The van der Waals surface area contributed by atoms with E-state index in [1.165, 1.54) is 6.07 Å². The molecule has 0 amide bonds. The van der Waals surface area contributed by atoms with E-state index in [1.54, 1.807) is 22.8 Å². The van der Waals surface area contributed by atoms with Crippen LogP contribution < -0.4 is 0 Å². The smallest absolute Gasteiger partial charge is 0.355 e. The van der Waals surface area contributed by atoms with Crippen LogP contribution in [0.4, 0.5) is 0 Å². The number of tetrazole rings is 1. The van der Waals surface area contributed by atoms with E-state index in [4.69, 9.17) is 11.6 Å². The fourth-order valence-corrected chi connectivity index (χ4v) is 4.99. The van der Waals surface area contributed by atoms with E-state index in [-0.39, 0.29) is 28.8 Å². The summed E-state index contributed by atoms with van der Waals surface area (Å²) in [7, 11) is 0. The Balaban J connectivity index is 1.38. The quantitative estimate of drug-likeness (QED) is 0.143. The summed E-state index contributed by atoms with van der Waals surface area (Å²) in [4.78, 5) is 45.0. The molecule has 5 rings (SSSR count). The molecule has 0 bridgehead atoms. The predicted molar refractivity (Wildman–Crippen MR) is 159 cm³/mol. The number of imidazole rings is 1. The summed E-state index contributed by atoms with van der Waals surface area (Å²) in [5.74, 6) is -0.840. The molecular formula is C30H26ClN7O6. The number of aromatic carboxylic acids is 1. The molecule has 44 heavy (non-hydrogen) atoms. The van der Waals surface area contributed by atoms with Crippen molar-refractivity contribution in [2.24, 2.45) is 0 Å². The van der Waals surface area contributed by atoms with Gasteiger partial charge in [-0.25, -0.2) is 9.78 Å². The molecule has 1 N–H and O–H groups in total. The molecule has 3 aromatic carbocycles. The van der Waals surface area contributed by atoms with Gasteiger partial charge in [0.15, 0.2) is 10.8 Å². The van der Waals surface area contributed by atoms with E-state index in [9.17, 15) is 24.8 Å². The maximum Gasteiger partial charge on any atom is 0.355 e. The molecule has 0 spiro atoms. The van der Waals surface area contributed by atoms with Gasteiger partial charge in [0.1, 0.15) is 12.4 Å². The van der Waals surface area contributed by atoms with Crippen molar-refractivity contribution in [3.05, 3.63) is 116 Å². The zero-order valence-electron chi connectivity index (χ0n) is 23.5. The van der Waals surface area contributed by atoms with Crippen LogP contribution in [0.2, 0.25) is 5.15 Å². The van der Waals surface area contributed by atoms with Gasteiger partial charge in [-0.05, 0) is 46.0 Å². The first-order chi connectivity index (χ1) is 21.2. The fourth-order valence-electron chi connectivity index (χ4n) is 4.71. The summed E-state index contributed by atoms with van der Waals surface area (Å²) < 4.78 is 1.65. The van der Waals surface area contributed by atoms with Crippen molar-refractivity contribution < 1.29 is 24.6 Å². The molecular weight excluding hydrogens is 590 g/mol. The predicted octanol–water partition coefficient (Wildman–Crippen LogP) is 5.34. The minimum absolute atomic E-state index is 0.0234. The molecule has 0 atom stereocenters. The molecule has 0 aliphatic heterocycles. The number of carboxylic acid groups (broad SMARTS) is 1. The second-order valence-electron chi connectivity index (χ2n) is 9.81. The van der Waals surface area contributed by atoms with Crippen molar-refractivity contribution in [3.8, 4) is 22.5 Å². The van der Waals surface area contributed by atoms with Gasteiger partial charge in [-0.3, -0.25) is 4.79 Å². The molecule has 224 valence electrons. The van der Waals surface area contributed by atoms with Crippen LogP contribution >= 0.6 is 11.6 Å². The monoisotopic (exact) mass is 615 g/mol. The van der Waals surface area contributed by atoms with Gasteiger partial charge in [0.2, 0.25) is 5.82 Å². The maximum absolute atomic E-state index is 13.0. The minimum atomic E-state index is -1.13. The number of carbonyl (C=O) groups is 2. The van der Waals surface area contributed by atoms with Crippen LogP contribution in [-0.4, -0.2) is 51.8 Å². The highest BCUT2D eigenvalue weighted by atomic mass is 35.5. The number of carbonyl (C=O) groups excluding carboxylic acids is 1. The Kier molecular flexibility index (Phi) is 9.05. The van der Waals surface area contributed by atoms with Crippen LogP contribution in [0.15, 0.2) is 72.8 Å². The van der Waals surface area contributed by atoms with Crippen LogP contribution in [-0.2, 0) is 24.4 Å². The average Bonchev–Trinajstić information content (AvgIpc) is 3.64. The first-order valence-electron chi connectivity index (χ1n) is 13.6. The molecule has 0 saturated carbocycles. The number of rotatable bonds is 12. The molecule has 0 fully saturated rings. The van der Waals surface area contributed by atoms with Gasteiger partial charge in [0, 0.05) is 24.1 Å². The Morgan fingerprint density at radius 2 is 1.77 bits per heavy atom. The lowest BCUT2D eigenvalue weighted by molar-refractivity contribution is -0.763. The summed E-state index contributed by atoms with van der Waals surface area (Å²) >= 11 is 6.18. The van der Waals surface area contributed by atoms with E-state index < -0.39 is 17.0 Å². The molecule has 0 unspecified atom stereocenters. The van der Waals surface area contributed by atoms with Gasteiger partial charge in [-0.2, -0.15) is 0 Å². The summed E-state index contributed by atoms with van der Waals surface area (Å²) in [6.07, 6.45) is 2.41. The number of hydrogen-bond donors (Lipinski definition) is 1. The molecule has 0 aliphatic carbocycles. The third-order valence-corrected chi connectivity index (χ3v) is 7.10. The average molecular weight is 616 g/mol. The first-order valence-corrected chi connectivity index (χ1v) is 14.0. The topological polar surface area (TPSA) is 168 Å². The van der Waals surface area contributed by atoms with Crippen molar-refractivity contribution in [2.45, 2.75) is 39.3 Å². The standard InChI is InChI=1S/C30H26ClN7O6/c1-2-3-11-25-32-27(31)26(30(40)41)36(25)17-19-12-14-21(15-13-19)23-9-4-5-10-24(23)28-33-35-37(34-28)29(39)22-8-6-7-20(16-22)18-44-38(42)43/h4-10,12-16H,2-3,11,17-18H2,1H3,(H,40,41). The van der Waals surface area contributed by atoms with Gasteiger partial charge >= 0.3 is 5.97 Å². The number of aromatic nitrogens is 6. The lowest BCUT2D eigenvalue weighted by Crippen LogP contribution is -2.16. The molecule has 5 aromatic rings. The zero-order valence-corrected chi connectivity index (χ0v) is 24.2. The molecule has 2 heterocycles. The normalized spacial score (nSPS) is 11.0. The Morgan fingerprint density at radius 3 is 2.48 bits per heavy atom. The minimum Gasteiger partial charge on any atom is -0.476 e. The van der Waals surface area contributed by atoms with E-state index in [1.807, 2.05) is 48.5 Å². The van der Waals surface area contributed by atoms with Crippen LogP contribution in [0.25, 0.3) is 22.5 Å². The fraction of sp³-hybridized carbons (Fsp3) is 0.200. The Hall–Kier alpha value is -5.43. The van der Waals surface area contributed by atoms with E-state index in [0.29, 0.717) is 29.9 Å². The van der Waals surface area contributed by atoms with Gasteiger partial charge in [-0.1, -0.05) is 90.4 Å². The third kappa shape index (κ3) is 6.63. The number of hydrogen-bond acceptors (Lipinski definition) is 9. The SMILES string of the molecule is CCCCc1nc(Cl)c(C(=O)O)n1Cc1ccc(-c2ccccc2-c2nnn(C(=O)c3cccc(CO[N+](=O)[O-])c3)n2)cc1. The summed E-state index contributed by atoms with van der Waals surface area (Å²) in [6, 6.07) is 21.2. The number of benzene rings is 3.